The van der Waals surface area contributed by atoms with Crippen LogP contribution in [-0.4, -0.2) is 11.0 Å². The van der Waals surface area contributed by atoms with E-state index >= 15 is 0 Å². The van der Waals surface area contributed by atoms with Crippen molar-refractivity contribution in [2.24, 2.45) is 0 Å². The Balaban J connectivity index is 0.00000114. The first-order chi connectivity index (χ1) is 19.6. The minimum atomic E-state index is -0.143. The van der Waals surface area contributed by atoms with Gasteiger partial charge >= 0.3 is 0 Å². The van der Waals surface area contributed by atoms with Crippen LogP contribution < -0.4 is 5.32 Å². The normalized spacial score (nSPS) is 8.03. The van der Waals surface area contributed by atoms with Gasteiger partial charge in [-0.15, -0.1) is 0 Å². The Morgan fingerprint density at radius 2 is 0.825 bits per heavy atom. The molecule has 1 rings (SSSR count). The number of benzene rings is 1. The summed E-state index contributed by atoms with van der Waals surface area (Å²) in [7, 11) is 47.3. The Labute approximate surface area is 318 Å². The molecule has 2 N–H and O–H groups in total. The fraction of sp³-hybridized carbons (Fsp3) is 0.125. The topological polar surface area (TPSA) is 49.3 Å². The van der Waals surface area contributed by atoms with Crippen molar-refractivity contribution in [2.45, 2.75) is 6.92 Å². The molecule has 0 saturated carbocycles. The number of aromatic hydroxyl groups is 1. The predicted molar refractivity (Wildman–Crippen MR) is 256 cm³/mol. The lowest BCUT2D eigenvalue weighted by Gasteiger charge is -2.00. The van der Waals surface area contributed by atoms with Crippen LogP contribution in [0, 0.1) is 0 Å². The zero-order valence-corrected chi connectivity index (χ0v) is 41.7. The van der Waals surface area contributed by atoms with Gasteiger partial charge in [0, 0.05) is 281 Å². The molecule has 40 heavy (non-hydrogen) atoms. The van der Waals surface area contributed by atoms with E-state index in [9.17, 15) is 4.79 Å². The van der Waals surface area contributed by atoms with Gasteiger partial charge in [-0.2, -0.15) is 0 Å². The van der Waals surface area contributed by atoms with Crippen LogP contribution in [0.1, 0.15) is 6.92 Å². The first-order valence-corrected chi connectivity index (χ1v) is 45.2. The van der Waals surface area contributed by atoms with Crippen LogP contribution in [0.4, 0.5) is 5.69 Å². The standard InChI is InChI=1S/C8H9NO2.S29/c1-6(10)9-7-3-2-4-8(11)5-7;1-3-5-7-9-11-13-15-17-19-21-23-25-27-29-28-26-24-22-20-18-16-14-12-10-8-6-4-2/h2-5,11H,1H3,(H,9,10);. The summed E-state index contributed by atoms with van der Waals surface area (Å²) < 4.78 is 0. The molecule has 0 aliphatic carbocycles. The lowest BCUT2D eigenvalue weighted by Crippen LogP contribution is -2.04. The van der Waals surface area contributed by atoms with Gasteiger partial charge in [-0.25, -0.2) is 0 Å². The van der Waals surface area contributed by atoms with E-state index in [1.165, 1.54) is 30.8 Å². The number of phenols is 1. The largest absolute Gasteiger partial charge is 0.508 e. The number of hydrogen-bond acceptors (Lipinski definition) is 4. The third-order valence-corrected chi connectivity index (χ3v) is 59.7. The Morgan fingerprint density at radius 1 is 0.550 bits per heavy atom. The quantitative estimate of drug-likeness (QED) is 0.446. The summed E-state index contributed by atoms with van der Waals surface area (Å²) in [6, 6.07) is 6.41. The number of carbonyl (C=O) groups is 1. The molecule has 32 heteroatoms. The summed E-state index contributed by atoms with van der Waals surface area (Å²) in [5.41, 5.74) is 0.609. The average Bonchev–Trinajstić information content (AvgIpc) is 2.93. The van der Waals surface area contributed by atoms with E-state index in [0.29, 0.717) is 5.69 Å². The highest BCUT2D eigenvalue weighted by molar-refractivity contribution is 8.79. The molecule has 0 radical (unpaired) electrons. The summed E-state index contributed by atoms with van der Waals surface area (Å²) in [6.07, 6.45) is 0. The minimum absolute atomic E-state index is 0.143. The van der Waals surface area contributed by atoms with Crippen molar-refractivity contribution in [1.29, 1.82) is 0 Å². The third kappa shape index (κ3) is 37.3. The first kappa shape index (κ1) is 44.9. The van der Waals surface area contributed by atoms with Gasteiger partial charge in [0.1, 0.15) is 5.75 Å². The van der Waals surface area contributed by atoms with Gasteiger partial charge in [-0.1, -0.05) is 6.07 Å². The van der Waals surface area contributed by atoms with Crippen molar-refractivity contribution in [3.8, 4) is 5.75 Å². The highest BCUT2D eigenvalue weighted by Gasteiger charge is 1.94. The van der Waals surface area contributed by atoms with E-state index in [4.69, 9.17) is 27.5 Å². The van der Waals surface area contributed by atoms with Crippen molar-refractivity contribution in [3.63, 3.8) is 0 Å². The van der Waals surface area contributed by atoms with Gasteiger partial charge in [0.15, 0.2) is 0 Å². The molecule has 3 nitrogen and oxygen atoms in total. The van der Waals surface area contributed by atoms with Crippen molar-refractivity contribution < 1.29 is 9.90 Å². The SMILES string of the molecule is CC(=O)Nc1cccc(O)c1.S=S=S=S=S=S=S=S=S=S=S=S=S=S=S=S=S=S=S=S=S=S=S=S=S=S=S=S=S. The highest BCUT2D eigenvalue weighted by atomic mass is 33.5. The van der Waals surface area contributed by atoms with Crippen molar-refractivity contribution >= 4 is 274 Å². The molecule has 0 heterocycles. The minimum Gasteiger partial charge on any atom is -0.508 e. The Bertz CT molecular complexity index is 2100. The van der Waals surface area contributed by atoms with Gasteiger partial charge < -0.3 is 10.4 Å². The summed E-state index contributed by atoms with van der Waals surface area (Å²) in [6.45, 7) is 1.42. The van der Waals surface area contributed by atoms with E-state index < -0.39 is 0 Å². The molecule has 0 bridgehead atoms. The zero-order valence-electron chi connectivity index (χ0n) is 18.0. The number of phenolic OH excluding ortho intramolecular Hbond substituents is 1. The first-order valence-electron chi connectivity index (χ1n) is 7.92. The second-order valence-electron chi connectivity index (χ2n) is 4.07. The maximum Gasteiger partial charge on any atom is 0.221 e. The molecule has 0 fully saturated rings. The maximum absolute atomic E-state index is 10.5. The molecule has 1 aromatic carbocycles. The third-order valence-electron chi connectivity index (χ3n) is 1.89. The Hall–Kier alpha value is 4.87. The van der Waals surface area contributed by atoms with Gasteiger partial charge in [0.25, 0.3) is 0 Å². The second kappa shape index (κ2) is 38.3. The number of nitrogens with one attached hydrogen (secondary N) is 1. The molecule has 0 aliphatic rings. The van der Waals surface area contributed by atoms with Crippen molar-refractivity contribution in [2.75, 3.05) is 5.32 Å². The molecule has 0 spiro atoms. The number of anilines is 1. The Kier molecular flexibility index (Phi) is 43.0. The molecule has 232 valence electrons. The van der Waals surface area contributed by atoms with E-state index in [2.05, 4.69) is 5.32 Å². The average molecular weight is 1080 g/mol. The molecule has 0 aliphatic heterocycles. The highest BCUT2D eigenvalue weighted by Crippen LogP contribution is 2.14. The van der Waals surface area contributed by atoms with Gasteiger partial charge in [0.05, 0.1) is 0 Å². The Morgan fingerprint density at radius 3 is 1.05 bits per heavy atom. The molecule has 1 amide bonds. The zero-order chi connectivity index (χ0) is 29.4. The molecule has 0 aromatic heterocycles. The monoisotopic (exact) mass is 1080 g/mol. The number of carbonyl (C=O) groups excluding carboxylic acids is 1. The van der Waals surface area contributed by atoms with Crippen LogP contribution in [0.2, 0.25) is 0 Å². The van der Waals surface area contributed by atoms with Crippen LogP contribution in [0.5, 0.6) is 5.75 Å². The van der Waals surface area contributed by atoms with E-state index in [1.807, 2.05) is 97.7 Å². The lowest BCUT2D eigenvalue weighted by atomic mass is 10.3. The molecule has 0 atom stereocenters. The molecule has 1 aromatic rings. The molecule has 0 saturated heterocycles. The number of amides is 1. The fourth-order valence-corrected chi connectivity index (χ4v) is 69.7. The number of rotatable bonds is 1. The predicted octanol–water partition coefficient (Wildman–Crippen LogP) is 1.28. The fourth-order valence-electron chi connectivity index (χ4n) is 1.07. The van der Waals surface area contributed by atoms with Crippen LogP contribution in [0.15, 0.2) is 24.3 Å². The van der Waals surface area contributed by atoms with Crippen molar-refractivity contribution in [3.05, 3.63) is 24.3 Å². The number of hydrogen-bond donors (Lipinski definition) is 2. The van der Waals surface area contributed by atoms with Crippen LogP contribution in [0.25, 0.3) is 0 Å². The summed E-state index contributed by atoms with van der Waals surface area (Å²) in [5.74, 6) is 0.00634. The van der Waals surface area contributed by atoms with Crippen LogP contribution >= 0.6 is 0 Å². The summed E-state index contributed by atoms with van der Waals surface area (Å²) in [4.78, 5) is 10.5. The lowest BCUT2D eigenvalue weighted by molar-refractivity contribution is -0.114. The van der Waals surface area contributed by atoms with Crippen LogP contribution in [-0.2, 0) is 267 Å². The molecular formula is C8H9NO2S29. The second-order valence-corrected chi connectivity index (χ2v) is 51.8. The molecular weight excluding hydrogens is 1070 g/mol. The van der Waals surface area contributed by atoms with E-state index in [0.717, 1.165) is 0 Å². The van der Waals surface area contributed by atoms with Gasteiger partial charge in [-0.3, -0.25) is 4.79 Å². The summed E-state index contributed by atoms with van der Waals surface area (Å²) in [5, 5.41) is 11.5. The van der Waals surface area contributed by atoms with Gasteiger partial charge in [0.2, 0.25) is 5.91 Å². The van der Waals surface area contributed by atoms with Crippen molar-refractivity contribution in [1.82, 2.24) is 0 Å². The molecule has 0 unspecified atom stereocenters. The summed E-state index contributed by atoms with van der Waals surface area (Å²) >= 11 is 9.57. The van der Waals surface area contributed by atoms with E-state index in [-0.39, 0.29) is 11.7 Å². The maximum atomic E-state index is 10.5. The van der Waals surface area contributed by atoms with E-state index in [1.54, 1.807) is 143 Å². The van der Waals surface area contributed by atoms with Gasteiger partial charge in [-0.05, 0) is 12.1 Å². The van der Waals surface area contributed by atoms with Crippen LogP contribution in [0.3, 0.4) is 0 Å². The smallest absolute Gasteiger partial charge is 0.221 e.